The van der Waals surface area contributed by atoms with Gasteiger partial charge in [0.15, 0.2) is 11.5 Å². The van der Waals surface area contributed by atoms with E-state index in [1.54, 1.807) is 29.4 Å². The summed E-state index contributed by atoms with van der Waals surface area (Å²) in [7, 11) is 3.01. The number of carbonyl (C=O) groups excluding carboxylic acids is 1. The molecular formula is C21H20ClNO4. The van der Waals surface area contributed by atoms with E-state index in [2.05, 4.69) is 0 Å². The highest BCUT2D eigenvalue weighted by molar-refractivity contribution is 6.32. The number of nitrogens with zero attached hydrogens (tertiary/aromatic N) is 1. The summed E-state index contributed by atoms with van der Waals surface area (Å²) >= 11 is 6.27. The second kappa shape index (κ2) is 8.64. The molecule has 0 saturated heterocycles. The topological polar surface area (TPSA) is 51.9 Å². The lowest BCUT2D eigenvalue weighted by molar-refractivity contribution is 0.0717. The average Bonchev–Trinajstić information content (AvgIpc) is 3.20. The molecule has 3 aromatic rings. The lowest BCUT2D eigenvalue weighted by atomic mass is 10.1. The Hall–Kier alpha value is -2.92. The number of hydrogen-bond donors (Lipinski definition) is 0. The molecule has 6 heteroatoms. The van der Waals surface area contributed by atoms with Crippen LogP contribution in [0, 0.1) is 0 Å². The number of carbonyl (C=O) groups is 1. The molecule has 3 rings (SSSR count). The van der Waals surface area contributed by atoms with Crippen LogP contribution in [-0.4, -0.2) is 25.0 Å². The van der Waals surface area contributed by atoms with Crippen molar-refractivity contribution in [1.82, 2.24) is 4.90 Å². The van der Waals surface area contributed by atoms with E-state index >= 15 is 0 Å². The van der Waals surface area contributed by atoms with Gasteiger partial charge < -0.3 is 18.8 Å². The summed E-state index contributed by atoms with van der Waals surface area (Å²) in [4.78, 5) is 14.9. The number of hydrogen-bond acceptors (Lipinski definition) is 4. The maximum atomic E-state index is 13.2. The molecule has 0 aliphatic heterocycles. The van der Waals surface area contributed by atoms with E-state index in [0.717, 1.165) is 5.56 Å². The van der Waals surface area contributed by atoms with Crippen LogP contribution in [-0.2, 0) is 13.1 Å². The molecular weight excluding hydrogens is 366 g/mol. The maximum absolute atomic E-state index is 13.2. The van der Waals surface area contributed by atoms with E-state index in [1.165, 1.54) is 14.2 Å². The third-order valence-electron chi connectivity index (χ3n) is 4.11. The third-order valence-corrected chi connectivity index (χ3v) is 4.39. The first kappa shape index (κ1) is 18.9. The zero-order valence-electron chi connectivity index (χ0n) is 15.1. The number of furan rings is 1. The minimum Gasteiger partial charge on any atom is -0.493 e. The molecule has 140 valence electrons. The fourth-order valence-corrected chi connectivity index (χ4v) is 3.11. The number of benzene rings is 2. The molecule has 0 spiro atoms. The third kappa shape index (κ3) is 4.44. The minimum absolute atomic E-state index is 0.182. The first-order chi connectivity index (χ1) is 13.1. The summed E-state index contributed by atoms with van der Waals surface area (Å²) in [6, 6.07) is 16.6. The molecule has 0 aliphatic carbocycles. The Labute approximate surface area is 163 Å². The van der Waals surface area contributed by atoms with Crippen LogP contribution in [0.3, 0.4) is 0 Å². The highest BCUT2D eigenvalue weighted by Gasteiger charge is 2.21. The van der Waals surface area contributed by atoms with Crippen molar-refractivity contribution < 1.29 is 18.7 Å². The van der Waals surface area contributed by atoms with Gasteiger partial charge in [-0.05, 0) is 29.8 Å². The van der Waals surface area contributed by atoms with Gasteiger partial charge in [-0.15, -0.1) is 0 Å². The van der Waals surface area contributed by atoms with Crippen LogP contribution in [0.15, 0.2) is 65.3 Å². The Balaban J connectivity index is 1.93. The molecule has 0 radical (unpaired) electrons. The van der Waals surface area contributed by atoms with E-state index < -0.39 is 0 Å². The largest absolute Gasteiger partial charge is 0.493 e. The Bertz CT molecular complexity index is 894. The van der Waals surface area contributed by atoms with Gasteiger partial charge in [-0.25, -0.2) is 0 Å². The normalized spacial score (nSPS) is 10.5. The second-order valence-electron chi connectivity index (χ2n) is 5.92. The molecule has 1 heterocycles. The number of amides is 1. The van der Waals surface area contributed by atoms with Gasteiger partial charge in [0.2, 0.25) is 0 Å². The van der Waals surface area contributed by atoms with Gasteiger partial charge in [0.1, 0.15) is 5.76 Å². The molecule has 0 aliphatic rings. The van der Waals surface area contributed by atoms with Crippen LogP contribution in [0.4, 0.5) is 0 Å². The van der Waals surface area contributed by atoms with Crippen molar-refractivity contribution in [3.8, 4) is 11.5 Å². The molecule has 0 fully saturated rings. The van der Waals surface area contributed by atoms with E-state index in [9.17, 15) is 4.79 Å². The van der Waals surface area contributed by atoms with Gasteiger partial charge >= 0.3 is 0 Å². The monoisotopic (exact) mass is 385 g/mol. The molecule has 5 nitrogen and oxygen atoms in total. The Morgan fingerprint density at radius 2 is 1.81 bits per heavy atom. The number of rotatable bonds is 7. The predicted molar refractivity (Wildman–Crippen MR) is 103 cm³/mol. The average molecular weight is 386 g/mol. The van der Waals surface area contributed by atoms with Crippen molar-refractivity contribution in [3.05, 3.63) is 82.8 Å². The molecule has 27 heavy (non-hydrogen) atoms. The summed E-state index contributed by atoms with van der Waals surface area (Å²) < 4.78 is 16.0. The zero-order chi connectivity index (χ0) is 19.2. The fraction of sp³-hybridized carbons (Fsp3) is 0.190. The van der Waals surface area contributed by atoms with Crippen molar-refractivity contribution in [2.24, 2.45) is 0 Å². The summed E-state index contributed by atoms with van der Waals surface area (Å²) in [5.41, 5.74) is 1.43. The Morgan fingerprint density at radius 1 is 1.04 bits per heavy atom. The van der Waals surface area contributed by atoms with E-state index in [0.29, 0.717) is 40.9 Å². The van der Waals surface area contributed by atoms with Crippen molar-refractivity contribution >= 4 is 17.5 Å². The van der Waals surface area contributed by atoms with Crippen LogP contribution >= 0.6 is 11.6 Å². The van der Waals surface area contributed by atoms with E-state index in [1.807, 2.05) is 36.4 Å². The fourth-order valence-electron chi connectivity index (χ4n) is 2.82. The summed E-state index contributed by atoms with van der Waals surface area (Å²) in [5, 5.41) is 0.317. The molecule has 0 atom stereocenters. The maximum Gasteiger partial charge on any atom is 0.254 e. The molecule has 2 aromatic carbocycles. The lowest BCUT2D eigenvalue weighted by Crippen LogP contribution is -2.30. The lowest BCUT2D eigenvalue weighted by Gasteiger charge is -2.23. The van der Waals surface area contributed by atoms with Crippen LogP contribution in [0.25, 0.3) is 0 Å². The van der Waals surface area contributed by atoms with Gasteiger partial charge in [-0.1, -0.05) is 41.9 Å². The van der Waals surface area contributed by atoms with E-state index in [-0.39, 0.29) is 5.91 Å². The van der Waals surface area contributed by atoms with Crippen molar-refractivity contribution in [2.45, 2.75) is 13.1 Å². The van der Waals surface area contributed by atoms with Gasteiger partial charge in [-0.3, -0.25) is 4.79 Å². The van der Waals surface area contributed by atoms with Crippen LogP contribution < -0.4 is 9.47 Å². The highest BCUT2D eigenvalue weighted by Crippen LogP contribution is 2.36. The summed E-state index contributed by atoms with van der Waals surface area (Å²) in [6.45, 7) is 0.777. The second-order valence-corrected chi connectivity index (χ2v) is 6.33. The van der Waals surface area contributed by atoms with Crippen LogP contribution in [0.1, 0.15) is 21.7 Å². The molecule has 0 unspecified atom stereocenters. The minimum atomic E-state index is -0.182. The first-order valence-electron chi connectivity index (χ1n) is 8.39. The zero-order valence-corrected chi connectivity index (χ0v) is 15.9. The molecule has 0 saturated carbocycles. The van der Waals surface area contributed by atoms with Gasteiger partial charge in [-0.2, -0.15) is 0 Å². The number of methoxy groups -OCH3 is 2. The summed E-state index contributed by atoms with van der Waals surface area (Å²) in [5.74, 6) is 1.33. The first-order valence-corrected chi connectivity index (χ1v) is 8.77. The molecule has 0 bridgehead atoms. The number of halogens is 1. The summed E-state index contributed by atoms with van der Waals surface area (Å²) in [6.07, 6.45) is 1.59. The van der Waals surface area contributed by atoms with Gasteiger partial charge in [0.25, 0.3) is 5.91 Å². The molecule has 1 aromatic heterocycles. The SMILES string of the molecule is COc1cc(C(=O)N(Cc2ccccc2)Cc2ccco2)cc(Cl)c1OC. The van der Waals surface area contributed by atoms with Gasteiger partial charge in [0.05, 0.1) is 32.1 Å². The Kier molecular flexibility index (Phi) is 6.04. The molecule has 1 amide bonds. The quantitative estimate of drug-likeness (QED) is 0.586. The highest BCUT2D eigenvalue weighted by atomic mass is 35.5. The Morgan fingerprint density at radius 3 is 2.44 bits per heavy atom. The number of ether oxygens (including phenoxy) is 2. The van der Waals surface area contributed by atoms with Crippen molar-refractivity contribution in [2.75, 3.05) is 14.2 Å². The van der Waals surface area contributed by atoms with Crippen LogP contribution in [0.5, 0.6) is 11.5 Å². The smallest absolute Gasteiger partial charge is 0.254 e. The molecule has 0 N–H and O–H groups in total. The van der Waals surface area contributed by atoms with Gasteiger partial charge in [0, 0.05) is 12.1 Å². The van der Waals surface area contributed by atoms with Crippen molar-refractivity contribution in [1.29, 1.82) is 0 Å². The standard InChI is InChI=1S/C21H20ClNO4/c1-25-19-12-16(11-18(22)20(19)26-2)21(24)23(14-17-9-6-10-27-17)13-15-7-4-3-5-8-15/h3-12H,13-14H2,1-2H3. The van der Waals surface area contributed by atoms with Crippen molar-refractivity contribution in [3.63, 3.8) is 0 Å². The predicted octanol–water partition coefficient (Wildman–Crippen LogP) is 4.79. The van der Waals surface area contributed by atoms with E-state index in [4.69, 9.17) is 25.5 Å². The van der Waals surface area contributed by atoms with Crippen LogP contribution in [0.2, 0.25) is 5.02 Å².